The first-order chi connectivity index (χ1) is 6.49. The highest BCUT2D eigenvalue weighted by atomic mass is 16.7. The van der Waals surface area contributed by atoms with Crippen LogP contribution in [0.1, 0.15) is 27.7 Å². The van der Waals surface area contributed by atoms with Crippen LogP contribution in [-0.2, 0) is 14.4 Å². The molecule has 0 spiro atoms. The Kier molecular flexibility index (Phi) is 3.39. The van der Waals surface area contributed by atoms with Crippen molar-refractivity contribution in [2.45, 2.75) is 39.8 Å². The van der Waals surface area contributed by atoms with Crippen LogP contribution < -0.4 is 0 Å². The standard InChI is InChI=1S/C10H17NO3/c1-5-11-6(2)9(7(3)12)10(14-11)8(4)13/h6,9-10H,5H2,1-4H3/t6-,9-,10-/m0/s1. The highest BCUT2D eigenvalue weighted by molar-refractivity contribution is 5.90. The largest absolute Gasteiger partial charge is 0.300 e. The molecule has 1 rings (SSSR count). The molecular weight excluding hydrogens is 182 g/mol. The van der Waals surface area contributed by atoms with E-state index in [4.69, 9.17) is 4.84 Å². The molecule has 0 bridgehead atoms. The summed E-state index contributed by atoms with van der Waals surface area (Å²) in [5.41, 5.74) is 0. The number of hydroxylamine groups is 2. The van der Waals surface area contributed by atoms with Crippen LogP contribution in [0, 0.1) is 5.92 Å². The van der Waals surface area contributed by atoms with Crippen molar-refractivity contribution in [2.75, 3.05) is 6.54 Å². The van der Waals surface area contributed by atoms with Crippen LogP contribution >= 0.6 is 0 Å². The molecular formula is C10H17NO3. The molecule has 4 nitrogen and oxygen atoms in total. The van der Waals surface area contributed by atoms with Gasteiger partial charge in [-0.1, -0.05) is 6.92 Å². The van der Waals surface area contributed by atoms with Crippen molar-refractivity contribution in [2.24, 2.45) is 5.92 Å². The van der Waals surface area contributed by atoms with Crippen LogP contribution in [0.15, 0.2) is 0 Å². The van der Waals surface area contributed by atoms with Gasteiger partial charge in [-0.2, -0.15) is 5.06 Å². The summed E-state index contributed by atoms with van der Waals surface area (Å²) in [5, 5.41) is 1.71. The number of carbonyl (C=O) groups excluding carboxylic acids is 2. The summed E-state index contributed by atoms with van der Waals surface area (Å²) in [6.07, 6.45) is -0.581. The zero-order valence-electron chi connectivity index (χ0n) is 9.11. The fourth-order valence-electron chi connectivity index (χ4n) is 1.98. The van der Waals surface area contributed by atoms with Crippen LogP contribution in [-0.4, -0.2) is 35.3 Å². The minimum absolute atomic E-state index is 0.00796. The maximum atomic E-state index is 11.4. The maximum absolute atomic E-state index is 11.4. The Balaban J connectivity index is 2.87. The third-order valence-electron chi connectivity index (χ3n) is 2.73. The number of hydrogen-bond donors (Lipinski definition) is 0. The van der Waals surface area contributed by atoms with Crippen LogP contribution in [0.2, 0.25) is 0 Å². The molecule has 4 heteroatoms. The zero-order valence-corrected chi connectivity index (χ0v) is 9.11. The highest BCUT2D eigenvalue weighted by Gasteiger charge is 2.44. The molecule has 0 aromatic rings. The van der Waals surface area contributed by atoms with Gasteiger partial charge in [0.05, 0.1) is 5.92 Å². The topological polar surface area (TPSA) is 46.6 Å². The molecule has 0 aromatic heterocycles. The van der Waals surface area contributed by atoms with Crippen LogP contribution in [0.25, 0.3) is 0 Å². The minimum Gasteiger partial charge on any atom is -0.300 e. The van der Waals surface area contributed by atoms with Gasteiger partial charge in [0.2, 0.25) is 0 Å². The van der Waals surface area contributed by atoms with Gasteiger partial charge < -0.3 is 0 Å². The van der Waals surface area contributed by atoms with Crippen LogP contribution in [0.4, 0.5) is 0 Å². The monoisotopic (exact) mass is 199 g/mol. The number of carbonyl (C=O) groups is 2. The lowest BCUT2D eigenvalue weighted by atomic mass is 9.90. The van der Waals surface area contributed by atoms with Crippen molar-refractivity contribution in [3.63, 3.8) is 0 Å². The molecule has 0 aliphatic carbocycles. The van der Waals surface area contributed by atoms with E-state index in [2.05, 4.69) is 0 Å². The van der Waals surface area contributed by atoms with Crippen molar-refractivity contribution in [1.29, 1.82) is 0 Å². The predicted octanol–water partition coefficient (Wildman–Crippen LogP) is 0.805. The molecule has 80 valence electrons. The lowest BCUT2D eigenvalue weighted by molar-refractivity contribution is -0.168. The summed E-state index contributed by atoms with van der Waals surface area (Å²) < 4.78 is 0. The van der Waals surface area contributed by atoms with Crippen LogP contribution in [0.5, 0.6) is 0 Å². The third kappa shape index (κ3) is 1.86. The van der Waals surface area contributed by atoms with Gasteiger partial charge in [0.25, 0.3) is 0 Å². The third-order valence-corrected chi connectivity index (χ3v) is 2.73. The van der Waals surface area contributed by atoms with Gasteiger partial charge in [0, 0.05) is 12.6 Å². The quantitative estimate of drug-likeness (QED) is 0.674. The molecule has 1 heterocycles. The Bertz CT molecular complexity index is 252. The Hall–Kier alpha value is -0.740. The number of hydrogen-bond acceptors (Lipinski definition) is 4. The molecule has 1 saturated heterocycles. The first kappa shape index (κ1) is 11.3. The van der Waals surface area contributed by atoms with E-state index in [1.165, 1.54) is 13.8 Å². The Labute approximate surface area is 84.2 Å². The summed E-state index contributed by atoms with van der Waals surface area (Å²) in [6.45, 7) is 7.52. The second-order valence-electron chi connectivity index (χ2n) is 3.75. The highest BCUT2D eigenvalue weighted by Crippen LogP contribution is 2.28. The summed E-state index contributed by atoms with van der Waals surface area (Å²) in [7, 11) is 0. The van der Waals surface area contributed by atoms with Crippen molar-refractivity contribution in [3.8, 4) is 0 Å². The van der Waals surface area contributed by atoms with E-state index < -0.39 is 6.10 Å². The lowest BCUT2D eigenvalue weighted by Gasteiger charge is -2.18. The van der Waals surface area contributed by atoms with E-state index in [1.54, 1.807) is 5.06 Å². The van der Waals surface area contributed by atoms with E-state index in [1.807, 2.05) is 13.8 Å². The Morgan fingerprint density at radius 3 is 2.14 bits per heavy atom. The normalized spacial score (nSPS) is 33.3. The van der Waals surface area contributed by atoms with E-state index in [-0.39, 0.29) is 23.5 Å². The summed E-state index contributed by atoms with van der Waals surface area (Å²) in [4.78, 5) is 28.1. The van der Waals surface area contributed by atoms with Crippen molar-refractivity contribution >= 4 is 11.6 Å². The SMILES string of the molecule is CCN1O[C@@H](C(C)=O)[C@H](C(C)=O)[C@@H]1C. The average molecular weight is 199 g/mol. The number of Topliss-reactive ketones (excluding diaryl/α,β-unsaturated/α-hetero) is 2. The lowest BCUT2D eigenvalue weighted by Crippen LogP contribution is -2.34. The van der Waals surface area contributed by atoms with Crippen molar-refractivity contribution in [3.05, 3.63) is 0 Å². The van der Waals surface area contributed by atoms with Crippen LogP contribution in [0.3, 0.4) is 0 Å². The fraction of sp³-hybridized carbons (Fsp3) is 0.800. The Morgan fingerprint density at radius 1 is 1.29 bits per heavy atom. The Morgan fingerprint density at radius 2 is 1.86 bits per heavy atom. The fourth-order valence-corrected chi connectivity index (χ4v) is 1.98. The molecule has 1 fully saturated rings. The summed E-state index contributed by atoms with van der Waals surface area (Å²) in [6, 6.07) is -0.00796. The van der Waals surface area contributed by atoms with E-state index >= 15 is 0 Å². The zero-order chi connectivity index (χ0) is 10.9. The summed E-state index contributed by atoms with van der Waals surface area (Å²) >= 11 is 0. The number of ketones is 2. The second-order valence-corrected chi connectivity index (χ2v) is 3.75. The van der Waals surface area contributed by atoms with Gasteiger partial charge in [-0.25, -0.2) is 0 Å². The maximum Gasteiger partial charge on any atom is 0.161 e. The van der Waals surface area contributed by atoms with E-state index in [0.29, 0.717) is 6.54 Å². The first-order valence-electron chi connectivity index (χ1n) is 4.93. The van der Waals surface area contributed by atoms with Gasteiger partial charge in [0.1, 0.15) is 11.9 Å². The summed E-state index contributed by atoms with van der Waals surface area (Å²) in [5.74, 6) is -0.367. The second kappa shape index (κ2) is 4.19. The van der Waals surface area contributed by atoms with Crippen molar-refractivity contribution in [1.82, 2.24) is 5.06 Å². The number of nitrogens with zero attached hydrogens (tertiary/aromatic N) is 1. The van der Waals surface area contributed by atoms with Gasteiger partial charge in [-0.15, -0.1) is 0 Å². The van der Waals surface area contributed by atoms with E-state index in [9.17, 15) is 9.59 Å². The van der Waals surface area contributed by atoms with Crippen molar-refractivity contribution < 1.29 is 14.4 Å². The van der Waals surface area contributed by atoms with Gasteiger partial charge >= 0.3 is 0 Å². The molecule has 0 unspecified atom stereocenters. The molecule has 0 aromatic carbocycles. The average Bonchev–Trinajstić information content (AvgIpc) is 2.42. The molecule has 0 radical (unpaired) electrons. The predicted molar refractivity (Wildman–Crippen MR) is 51.6 cm³/mol. The molecule has 3 atom stereocenters. The van der Waals surface area contributed by atoms with Gasteiger partial charge in [-0.3, -0.25) is 14.4 Å². The van der Waals surface area contributed by atoms with Gasteiger partial charge in [0.15, 0.2) is 5.78 Å². The smallest absolute Gasteiger partial charge is 0.161 e. The first-order valence-corrected chi connectivity index (χ1v) is 4.93. The number of rotatable bonds is 3. The minimum atomic E-state index is -0.581. The molecule has 0 amide bonds. The molecule has 1 aliphatic rings. The molecule has 1 aliphatic heterocycles. The molecule has 0 saturated carbocycles. The molecule has 14 heavy (non-hydrogen) atoms. The van der Waals surface area contributed by atoms with Gasteiger partial charge in [-0.05, 0) is 20.8 Å². The van der Waals surface area contributed by atoms with E-state index in [0.717, 1.165) is 0 Å². The molecule has 0 N–H and O–H groups in total.